The fourth-order valence-electron chi connectivity index (χ4n) is 3.75. The molecule has 0 fully saturated rings. The zero-order valence-electron chi connectivity index (χ0n) is 20.6. The summed E-state index contributed by atoms with van der Waals surface area (Å²) in [7, 11) is 0.903. The third kappa shape index (κ3) is 4.49. The largest absolute Gasteiger partial charge is 0.504 e. The predicted molar refractivity (Wildman–Crippen MR) is 135 cm³/mol. The van der Waals surface area contributed by atoms with Gasteiger partial charge in [0.1, 0.15) is 16.0 Å². The Bertz CT molecular complexity index is 1620. The number of aryl methyl sites for hydroxylation is 1. The van der Waals surface area contributed by atoms with Crippen LogP contribution in [0.4, 0.5) is 0 Å². The monoisotopic (exact) mass is 528 g/mol. The topological polar surface area (TPSA) is 131 Å². The Hall–Kier alpha value is -4.38. The van der Waals surface area contributed by atoms with Gasteiger partial charge in [0, 0.05) is 5.56 Å². The molecule has 194 valence electrons. The Balaban J connectivity index is 2.09. The van der Waals surface area contributed by atoms with Crippen LogP contribution in [0, 0.1) is 6.92 Å². The Morgan fingerprint density at radius 3 is 1.89 bits per heavy atom. The van der Waals surface area contributed by atoms with E-state index in [0.717, 1.165) is 5.56 Å². The van der Waals surface area contributed by atoms with Gasteiger partial charge in [-0.3, -0.25) is 4.79 Å². The lowest BCUT2D eigenvalue weighted by Gasteiger charge is -2.17. The molecular formula is C26H24O10S. The van der Waals surface area contributed by atoms with Gasteiger partial charge in [-0.15, -0.1) is 0 Å². The van der Waals surface area contributed by atoms with E-state index in [9.17, 15) is 18.3 Å². The summed E-state index contributed by atoms with van der Waals surface area (Å²) in [5, 5.41) is 10.5. The molecular weight excluding hydrogens is 504 g/mol. The molecule has 4 rings (SSSR count). The maximum Gasteiger partial charge on any atom is 0.339 e. The maximum absolute atomic E-state index is 13.8. The van der Waals surface area contributed by atoms with E-state index in [1.165, 1.54) is 40.6 Å². The quantitative estimate of drug-likeness (QED) is 0.331. The maximum atomic E-state index is 13.8. The van der Waals surface area contributed by atoms with Gasteiger partial charge in [-0.1, -0.05) is 17.7 Å². The third-order valence-electron chi connectivity index (χ3n) is 5.61. The van der Waals surface area contributed by atoms with Crippen LogP contribution in [-0.4, -0.2) is 42.0 Å². The Kier molecular flexibility index (Phi) is 6.90. The van der Waals surface area contributed by atoms with Gasteiger partial charge in [-0.25, -0.2) is 0 Å². The zero-order valence-corrected chi connectivity index (χ0v) is 21.5. The summed E-state index contributed by atoms with van der Waals surface area (Å²) in [6.07, 6.45) is 0. The highest BCUT2D eigenvalue weighted by atomic mass is 32.2. The number of fused-ring (bicyclic) bond motifs is 1. The standard InChI is InChI=1S/C26H24O10S/c1-14-6-12-17(13-7-14)37(29,30)36-24-20(28)18-19(27)23(32-3)26(34-5)25(33-4)22(18)35-21(24)15-8-10-16(31-2)11-9-15/h6-13,27H,1-5H3. The first-order chi connectivity index (χ1) is 17.7. The molecule has 11 heteroatoms. The summed E-state index contributed by atoms with van der Waals surface area (Å²) >= 11 is 0. The lowest BCUT2D eigenvalue weighted by Crippen LogP contribution is -2.17. The molecule has 0 bridgehead atoms. The van der Waals surface area contributed by atoms with Crippen LogP contribution in [0.2, 0.25) is 0 Å². The van der Waals surface area contributed by atoms with Gasteiger partial charge >= 0.3 is 10.1 Å². The minimum atomic E-state index is -4.48. The number of benzene rings is 3. The zero-order chi connectivity index (χ0) is 26.9. The number of hydrogen-bond acceptors (Lipinski definition) is 10. The van der Waals surface area contributed by atoms with Crippen molar-refractivity contribution in [1.82, 2.24) is 0 Å². The summed E-state index contributed by atoms with van der Waals surface area (Å²) in [5.41, 5.74) is -0.0422. The summed E-state index contributed by atoms with van der Waals surface area (Å²) in [5.74, 6) is -1.29. The molecule has 0 saturated carbocycles. The molecule has 1 aromatic heterocycles. The van der Waals surface area contributed by atoms with Crippen LogP contribution >= 0.6 is 0 Å². The van der Waals surface area contributed by atoms with E-state index < -0.39 is 32.4 Å². The van der Waals surface area contributed by atoms with Crippen molar-refractivity contribution >= 4 is 21.1 Å². The molecule has 0 amide bonds. The van der Waals surface area contributed by atoms with E-state index in [1.54, 1.807) is 43.3 Å². The number of rotatable bonds is 8. The normalized spacial score (nSPS) is 11.3. The van der Waals surface area contributed by atoms with Crippen molar-refractivity contribution in [3.05, 3.63) is 64.3 Å². The number of aromatic hydroxyl groups is 1. The van der Waals surface area contributed by atoms with Crippen LogP contribution in [-0.2, 0) is 10.1 Å². The van der Waals surface area contributed by atoms with E-state index in [0.29, 0.717) is 11.3 Å². The van der Waals surface area contributed by atoms with Gasteiger partial charge in [-0.2, -0.15) is 8.42 Å². The third-order valence-corrected chi connectivity index (χ3v) is 6.84. The van der Waals surface area contributed by atoms with Crippen LogP contribution in [0.3, 0.4) is 0 Å². The van der Waals surface area contributed by atoms with Gasteiger partial charge < -0.3 is 32.7 Å². The first kappa shape index (κ1) is 25.7. The van der Waals surface area contributed by atoms with Crippen molar-refractivity contribution in [3.63, 3.8) is 0 Å². The van der Waals surface area contributed by atoms with Gasteiger partial charge in [0.2, 0.25) is 28.4 Å². The van der Waals surface area contributed by atoms with Gasteiger partial charge in [0.25, 0.3) is 0 Å². The Morgan fingerprint density at radius 2 is 1.35 bits per heavy atom. The van der Waals surface area contributed by atoms with E-state index in [4.69, 9.17) is 27.5 Å². The van der Waals surface area contributed by atoms with Crippen LogP contribution in [0.1, 0.15) is 5.56 Å². The molecule has 10 nitrogen and oxygen atoms in total. The highest BCUT2D eigenvalue weighted by Crippen LogP contribution is 2.51. The first-order valence-electron chi connectivity index (χ1n) is 10.8. The van der Waals surface area contributed by atoms with Crippen molar-refractivity contribution < 1.29 is 41.1 Å². The average Bonchev–Trinajstić information content (AvgIpc) is 2.89. The molecule has 0 aliphatic heterocycles. The van der Waals surface area contributed by atoms with E-state index in [2.05, 4.69) is 0 Å². The van der Waals surface area contributed by atoms with Gasteiger partial charge in [-0.05, 0) is 43.3 Å². The molecule has 4 aromatic rings. The average molecular weight is 529 g/mol. The second kappa shape index (κ2) is 9.94. The number of phenolic OH excluding ortho intramolecular Hbond substituents is 1. The summed E-state index contributed by atoms with van der Waals surface area (Å²) in [4.78, 5) is 13.6. The lowest BCUT2D eigenvalue weighted by atomic mass is 10.1. The van der Waals surface area contributed by atoms with Crippen molar-refractivity contribution in [2.45, 2.75) is 11.8 Å². The highest BCUT2D eigenvalue weighted by Gasteiger charge is 2.31. The van der Waals surface area contributed by atoms with Crippen LogP contribution in [0.25, 0.3) is 22.3 Å². The fourth-order valence-corrected chi connectivity index (χ4v) is 4.69. The highest BCUT2D eigenvalue weighted by molar-refractivity contribution is 7.87. The summed E-state index contributed by atoms with van der Waals surface area (Å²) in [6, 6.07) is 12.2. The van der Waals surface area contributed by atoms with Crippen LogP contribution in [0.5, 0.6) is 34.5 Å². The molecule has 0 aliphatic rings. The van der Waals surface area contributed by atoms with Crippen molar-refractivity contribution in [1.29, 1.82) is 0 Å². The minimum Gasteiger partial charge on any atom is -0.504 e. The van der Waals surface area contributed by atoms with Crippen molar-refractivity contribution in [2.75, 3.05) is 28.4 Å². The molecule has 0 saturated heterocycles. The molecule has 3 aromatic carbocycles. The molecule has 37 heavy (non-hydrogen) atoms. The SMILES string of the molecule is COc1ccc(-c2oc3c(OC)c(OC)c(OC)c(O)c3c(=O)c2OS(=O)(=O)c2ccc(C)cc2)cc1. The molecule has 1 heterocycles. The second-order valence-corrected chi connectivity index (χ2v) is 9.37. The molecule has 0 radical (unpaired) electrons. The molecule has 0 spiro atoms. The smallest absolute Gasteiger partial charge is 0.339 e. The number of phenols is 1. The molecule has 1 N–H and O–H groups in total. The predicted octanol–water partition coefficient (Wildman–Crippen LogP) is 4.28. The van der Waals surface area contributed by atoms with E-state index in [1.807, 2.05) is 0 Å². The number of methoxy groups -OCH3 is 4. The molecule has 0 atom stereocenters. The van der Waals surface area contributed by atoms with Crippen LogP contribution in [0.15, 0.2) is 62.6 Å². The number of hydrogen-bond donors (Lipinski definition) is 1. The van der Waals surface area contributed by atoms with E-state index in [-0.39, 0.29) is 33.5 Å². The van der Waals surface area contributed by atoms with Crippen molar-refractivity contribution in [3.8, 4) is 45.8 Å². The Morgan fingerprint density at radius 1 is 0.757 bits per heavy atom. The summed E-state index contributed by atoms with van der Waals surface area (Å²) in [6.45, 7) is 1.80. The summed E-state index contributed by atoms with van der Waals surface area (Å²) < 4.78 is 58.9. The lowest BCUT2D eigenvalue weighted by molar-refractivity contribution is 0.311. The molecule has 0 aliphatic carbocycles. The second-order valence-electron chi connectivity index (χ2n) is 7.82. The van der Waals surface area contributed by atoms with E-state index >= 15 is 0 Å². The van der Waals surface area contributed by atoms with Gasteiger partial charge in [0.15, 0.2) is 17.1 Å². The first-order valence-corrected chi connectivity index (χ1v) is 12.2. The van der Waals surface area contributed by atoms with Gasteiger partial charge in [0.05, 0.1) is 28.4 Å². The fraction of sp³-hybridized carbons (Fsp3) is 0.192. The Labute approximate surface area is 212 Å². The van der Waals surface area contributed by atoms with Crippen LogP contribution < -0.4 is 28.6 Å². The number of ether oxygens (including phenoxy) is 4. The molecule has 0 unspecified atom stereocenters. The van der Waals surface area contributed by atoms with Crippen molar-refractivity contribution in [2.24, 2.45) is 0 Å². The minimum absolute atomic E-state index is 0.0280.